The maximum absolute atomic E-state index is 11.1. The third-order valence-corrected chi connectivity index (χ3v) is 1.62. The Morgan fingerprint density at radius 3 is 1.93 bits per heavy atom. The summed E-state index contributed by atoms with van der Waals surface area (Å²) in [4.78, 5) is 31.6. The number of rotatable bonds is 4. The summed E-state index contributed by atoms with van der Waals surface area (Å²) >= 11 is 0. The molecule has 0 aliphatic heterocycles. The Morgan fingerprint density at radius 2 is 1.57 bits per heavy atom. The Kier molecular flexibility index (Phi) is 4.34. The van der Waals surface area contributed by atoms with Crippen molar-refractivity contribution in [1.82, 2.24) is 5.32 Å². The predicted octanol–water partition coefficient (Wildman–Crippen LogP) is -0.392. The van der Waals surface area contributed by atoms with Crippen LogP contribution in [0.5, 0.6) is 0 Å². The summed E-state index contributed by atoms with van der Waals surface area (Å²) in [5.41, 5.74) is -0.105. The average molecular weight is 201 g/mol. The molecule has 0 fully saturated rings. The van der Waals surface area contributed by atoms with Gasteiger partial charge in [-0.05, 0) is 13.8 Å². The molecular weight excluding hydrogens is 190 g/mol. The lowest BCUT2D eigenvalue weighted by atomic mass is 10.1. The highest BCUT2D eigenvalue weighted by atomic mass is 16.4. The van der Waals surface area contributed by atoms with E-state index < -0.39 is 24.4 Å². The second-order valence-corrected chi connectivity index (χ2v) is 2.63. The van der Waals surface area contributed by atoms with Crippen LogP contribution in [0.1, 0.15) is 13.8 Å². The molecule has 0 aromatic heterocycles. The topological polar surface area (TPSA) is 104 Å². The van der Waals surface area contributed by atoms with Gasteiger partial charge in [0.25, 0.3) is 0 Å². The number of hydrogen-bond acceptors (Lipinski definition) is 3. The van der Waals surface area contributed by atoms with Crippen LogP contribution in [0.15, 0.2) is 11.1 Å². The van der Waals surface area contributed by atoms with E-state index in [1.807, 2.05) is 0 Å². The molecule has 0 aromatic rings. The maximum Gasteiger partial charge on any atom is 0.331 e. The number of carbonyl (C=O) groups excluding carboxylic acids is 1. The normalized spacial score (nSPS) is 11.6. The third-order valence-electron chi connectivity index (χ3n) is 1.62. The summed E-state index contributed by atoms with van der Waals surface area (Å²) in [5, 5.41) is 18.8. The molecule has 6 nitrogen and oxygen atoms in total. The standard InChI is InChI=1S/C8H11NO5/c1-4(5(2)8(13)14)7(12)9-3-6(10)11/h3H2,1-2H3,(H,9,12)(H,10,11)(H,13,14). The number of carboxylic acids is 2. The van der Waals surface area contributed by atoms with Crippen LogP contribution in [0, 0.1) is 0 Å². The maximum atomic E-state index is 11.1. The van der Waals surface area contributed by atoms with Crippen LogP contribution >= 0.6 is 0 Å². The third kappa shape index (κ3) is 3.70. The minimum atomic E-state index is -1.20. The van der Waals surface area contributed by atoms with E-state index in [4.69, 9.17) is 10.2 Å². The molecule has 0 unspecified atom stereocenters. The molecule has 0 bridgehead atoms. The highest BCUT2D eigenvalue weighted by Crippen LogP contribution is 2.02. The molecule has 14 heavy (non-hydrogen) atoms. The van der Waals surface area contributed by atoms with Crippen LogP contribution in [-0.2, 0) is 14.4 Å². The minimum Gasteiger partial charge on any atom is -0.480 e. The summed E-state index contributed by atoms with van der Waals surface area (Å²) < 4.78 is 0. The van der Waals surface area contributed by atoms with Crippen LogP contribution in [0.2, 0.25) is 0 Å². The lowest BCUT2D eigenvalue weighted by Gasteiger charge is -2.03. The number of hydrogen-bond donors (Lipinski definition) is 3. The summed E-state index contributed by atoms with van der Waals surface area (Å²) in [6, 6.07) is 0. The average Bonchev–Trinajstić information content (AvgIpc) is 2.11. The van der Waals surface area contributed by atoms with Gasteiger partial charge < -0.3 is 15.5 Å². The van der Waals surface area contributed by atoms with Crippen molar-refractivity contribution in [3.05, 3.63) is 11.1 Å². The fourth-order valence-corrected chi connectivity index (χ4v) is 0.619. The molecule has 0 rings (SSSR count). The van der Waals surface area contributed by atoms with Crippen LogP contribution in [0.25, 0.3) is 0 Å². The van der Waals surface area contributed by atoms with Gasteiger partial charge in [-0.2, -0.15) is 0 Å². The van der Waals surface area contributed by atoms with E-state index in [1.165, 1.54) is 13.8 Å². The Morgan fingerprint density at radius 1 is 1.07 bits per heavy atom. The second-order valence-electron chi connectivity index (χ2n) is 2.63. The van der Waals surface area contributed by atoms with E-state index in [-0.39, 0.29) is 11.1 Å². The summed E-state index contributed by atoms with van der Waals surface area (Å²) in [5.74, 6) is -3.07. The zero-order valence-electron chi connectivity index (χ0n) is 7.83. The minimum absolute atomic E-state index is 0.00116. The van der Waals surface area contributed by atoms with Crippen molar-refractivity contribution in [2.75, 3.05) is 6.54 Å². The van der Waals surface area contributed by atoms with E-state index >= 15 is 0 Å². The number of amides is 1. The van der Waals surface area contributed by atoms with E-state index in [0.29, 0.717) is 0 Å². The fourth-order valence-electron chi connectivity index (χ4n) is 0.619. The van der Waals surface area contributed by atoms with Crippen molar-refractivity contribution >= 4 is 17.8 Å². The number of nitrogens with one attached hydrogen (secondary N) is 1. The Bertz CT molecular complexity index is 305. The first-order valence-corrected chi connectivity index (χ1v) is 3.77. The van der Waals surface area contributed by atoms with Crippen molar-refractivity contribution in [1.29, 1.82) is 0 Å². The molecule has 0 radical (unpaired) electrons. The summed E-state index contributed by atoms with van der Waals surface area (Å²) in [6.45, 7) is 2.07. The van der Waals surface area contributed by atoms with Crippen molar-refractivity contribution < 1.29 is 24.6 Å². The molecule has 0 saturated carbocycles. The molecule has 0 aromatic carbocycles. The molecule has 0 heterocycles. The molecule has 0 aliphatic carbocycles. The monoisotopic (exact) mass is 201 g/mol. The molecular formula is C8H11NO5. The largest absolute Gasteiger partial charge is 0.480 e. The Balaban J connectivity index is 4.47. The lowest BCUT2D eigenvalue weighted by molar-refractivity contribution is -0.137. The van der Waals surface area contributed by atoms with Gasteiger partial charge in [-0.3, -0.25) is 9.59 Å². The first-order chi connectivity index (χ1) is 6.36. The highest BCUT2D eigenvalue weighted by Gasteiger charge is 2.12. The zero-order chi connectivity index (χ0) is 11.3. The van der Waals surface area contributed by atoms with E-state index in [1.54, 1.807) is 0 Å². The quantitative estimate of drug-likeness (QED) is 0.537. The zero-order valence-corrected chi connectivity index (χ0v) is 7.83. The first-order valence-electron chi connectivity index (χ1n) is 3.77. The second kappa shape index (κ2) is 5.00. The summed E-state index contributed by atoms with van der Waals surface area (Å²) in [7, 11) is 0. The summed E-state index contributed by atoms with van der Waals surface area (Å²) in [6.07, 6.45) is 0. The van der Waals surface area contributed by atoms with Gasteiger partial charge in [0.2, 0.25) is 5.91 Å². The van der Waals surface area contributed by atoms with Gasteiger partial charge in [-0.15, -0.1) is 0 Å². The first kappa shape index (κ1) is 12.2. The van der Waals surface area contributed by atoms with Crippen molar-refractivity contribution in [3.8, 4) is 0 Å². The highest BCUT2D eigenvalue weighted by molar-refractivity contribution is 6.02. The molecule has 0 atom stereocenters. The molecule has 0 spiro atoms. The van der Waals surface area contributed by atoms with Crippen molar-refractivity contribution in [2.45, 2.75) is 13.8 Å². The molecule has 1 amide bonds. The predicted molar refractivity (Wildman–Crippen MR) is 46.7 cm³/mol. The van der Waals surface area contributed by atoms with Gasteiger partial charge in [0.05, 0.1) is 0 Å². The molecule has 6 heteroatoms. The van der Waals surface area contributed by atoms with Gasteiger partial charge in [-0.25, -0.2) is 4.79 Å². The van der Waals surface area contributed by atoms with Crippen molar-refractivity contribution in [2.24, 2.45) is 0 Å². The van der Waals surface area contributed by atoms with Gasteiger partial charge in [0.1, 0.15) is 6.54 Å². The number of aliphatic carboxylic acids is 2. The van der Waals surface area contributed by atoms with Crippen LogP contribution < -0.4 is 5.32 Å². The Hall–Kier alpha value is -1.85. The van der Waals surface area contributed by atoms with Gasteiger partial charge >= 0.3 is 11.9 Å². The fraction of sp³-hybridized carbons (Fsp3) is 0.375. The van der Waals surface area contributed by atoms with E-state index in [0.717, 1.165) is 0 Å². The smallest absolute Gasteiger partial charge is 0.331 e. The lowest BCUT2D eigenvalue weighted by Crippen LogP contribution is -2.30. The van der Waals surface area contributed by atoms with Gasteiger partial charge in [0.15, 0.2) is 0 Å². The van der Waals surface area contributed by atoms with E-state index in [9.17, 15) is 14.4 Å². The molecule has 0 saturated heterocycles. The molecule has 3 N–H and O–H groups in total. The number of carboxylic acid groups (broad SMARTS) is 2. The van der Waals surface area contributed by atoms with Gasteiger partial charge in [0, 0.05) is 11.1 Å². The van der Waals surface area contributed by atoms with Gasteiger partial charge in [-0.1, -0.05) is 0 Å². The van der Waals surface area contributed by atoms with Crippen LogP contribution in [0.3, 0.4) is 0 Å². The number of carbonyl (C=O) groups is 3. The van der Waals surface area contributed by atoms with Crippen LogP contribution in [-0.4, -0.2) is 34.6 Å². The SMILES string of the molecule is CC(C(=O)O)=C(C)C(=O)NCC(=O)O. The molecule has 0 aliphatic rings. The molecule has 78 valence electrons. The van der Waals surface area contributed by atoms with E-state index in [2.05, 4.69) is 5.32 Å². The Labute approximate surface area is 80.2 Å². The van der Waals surface area contributed by atoms with Crippen LogP contribution in [0.4, 0.5) is 0 Å². The van der Waals surface area contributed by atoms with Crippen molar-refractivity contribution in [3.63, 3.8) is 0 Å².